The zero-order chi connectivity index (χ0) is 13.2. The zero-order valence-corrected chi connectivity index (χ0v) is 11.8. The Morgan fingerprint density at radius 1 is 1.56 bits per heavy atom. The molecule has 1 aliphatic rings. The Morgan fingerprint density at radius 2 is 2.33 bits per heavy atom. The van der Waals surface area contributed by atoms with Crippen molar-refractivity contribution in [2.24, 2.45) is 7.05 Å². The van der Waals surface area contributed by atoms with Gasteiger partial charge < -0.3 is 9.88 Å². The molecule has 1 aromatic rings. The lowest BCUT2D eigenvalue weighted by Gasteiger charge is -2.30. The maximum atomic E-state index is 12.2. The Labute approximate surface area is 109 Å². The topological polar surface area (TPSA) is 64.0 Å². The highest BCUT2D eigenvalue weighted by molar-refractivity contribution is 7.92. The molecule has 1 aromatic heterocycles. The van der Waals surface area contributed by atoms with Crippen LogP contribution in [0, 0.1) is 0 Å². The van der Waals surface area contributed by atoms with Gasteiger partial charge in [-0.1, -0.05) is 13.3 Å². The van der Waals surface area contributed by atoms with Crippen LogP contribution in [-0.4, -0.2) is 35.5 Å². The van der Waals surface area contributed by atoms with E-state index in [1.807, 2.05) is 24.7 Å². The standard InChI is InChI=1S/C12H21N3O2S/c1-3-13-11(12-14-7-8-15(12)2)10-6-4-5-9-18(10,16)17/h7-8,10-11,13H,3-6,9H2,1-2H3. The molecule has 0 radical (unpaired) electrons. The highest BCUT2D eigenvalue weighted by atomic mass is 32.2. The number of hydrogen-bond acceptors (Lipinski definition) is 4. The average Bonchev–Trinajstić information content (AvgIpc) is 2.72. The van der Waals surface area contributed by atoms with Crippen molar-refractivity contribution in [1.29, 1.82) is 0 Å². The number of nitrogens with zero attached hydrogens (tertiary/aromatic N) is 2. The maximum absolute atomic E-state index is 12.2. The Balaban J connectivity index is 2.33. The van der Waals surface area contributed by atoms with Crippen molar-refractivity contribution < 1.29 is 8.42 Å². The number of rotatable bonds is 4. The number of imidazole rings is 1. The molecule has 0 spiro atoms. The molecule has 0 bridgehead atoms. The number of nitrogens with one attached hydrogen (secondary N) is 1. The van der Waals surface area contributed by atoms with Crippen LogP contribution in [0.1, 0.15) is 38.1 Å². The second-order valence-corrected chi connectivity index (χ2v) is 7.17. The van der Waals surface area contributed by atoms with Gasteiger partial charge in [0, 0.05) is 19.4 Å². The molecule has 18 heavy (non-hydrogen) atoms. The van der Waals surface area contributed by atoms with Gasteiger partial charge in [0.1, 0.15) is 5.82 Å². The molecule has 6 heteroatoms. The summed E-state index contributed by atoms with van der Waals surface area (Å²) in [5, 5.41) is 2.95. The highest BCUT2D eigenvalue weighted by Crippen LogP contribution is 2.29. The van der Waals surface area contributed by atoms with Gasteiger partial charge in [-0.3, -0.25) is 0 Å². The van der Waals surface area contributed by atoms with E-state index in [0.717, 1.165) is 31.6 Å². The first-order valence-corrected chi connectivity index (χ1v) is 8.20. The van der Waals surface area contributed by atoms with Crippen LogP contribution in [0.5, 0.6) is 0 Å². The predicted molar refractivity (Wildman–Crippen MR) is 71.1 cm³/mol. The molecule has 1 saturated heterocycles. The minimum atomic E-state index is -3.00. The van der Waals surface area contributed by atoms with Gasteiger partial charge in [-0.2, -0.15) is 0 Å². The van der Waals surface area contributed by atoms with Gasteiger partial charge in [0.2, 0.25) is 0 Å². The molecule has 1 fully saturated rings. The molecule has 2 rings (SSSR count). The van der Waals surface area contributed by atoms with E-state index in [4.69, 9.17) is 0 Å². The van der Waals surface area contributed by atoms with Crippen LogP contribution in [0.2, 0.25) is 0 Å². The zero-order valence-electron chi connectivity index (χ0n) is 11.0. The summed E-state index contributed by atoms with van der Waals surface area (Å²) >= 11 is 0. The molecular weight excluding hydrogens is 250 g/mol. The fourth-order valence-corrected chi connectivity index (χ4v) is 4.71. The van der Waals surface area contributed by atoms with Crippen LogP contribution in [0.3, 0.4) is 0 Å². The van der Waals surface area contributed by atoms with Crippen LogP contribution < -0.4 is 5.32 Å². The van der Waals surface area contributed by atoms with Crippen molar-refractivity contribution in [3.63, 3.8) is 0 Å². The molecule has 102 valence electrons. The van der Waals surface area contributed by atoms with E-state index in [0.29, 0.717) is 5.75 Å². The van der Waals surface area contributed by atoms with Gasteiger partial charge in [0.25, 0.3) is 0 Å². The largest absolute Gasteiger partial charge is 0.337 e. The van der Waals surface area contributed by atoms with E-state index in [2.05, 4.69) is 10.3 Å². The Kier molecular flexibility index (Phi) is 4.07. The first kappa shape index (κ1) is 13.5. The maximum Gasteiger partial charge on any atom is 0.155 e. The number of aromatic nitrogens is 2. The minimum absolute atomic E-state index is 0.194. The summed E-state index contributed by atoms with van der Waals surface area (Å²) in [4.78, 5) is 4.31. The molecule has 0 aliphatic carbocycles. The average molecular weight is 271 g/mol. The summed E-state index contributed by atoms with van der Waals surface area (Å²) in [6.07, 6.45) is 6.07. The van der Waals surface area contributed by atoms with E-state index in [1.165, 1.54) is 0 Å². The van der Waals surface area contributed by atoms with Crippen molar-refractivity contribution in [1.82, 2.24) is 14.9 Å². The Morgan fingerprint density at radius 3 is 2.89 bits per heavy atom. The van der Waals surface area contributed by atoms with E-state index in [-0.39, 0.29) is 11.3 Å². The summed E-state index contributed by atoms with van der Waals surface area (Å²) < 4.78 is 26.4. The Bertz CT molecular complexity index is 495. The SMILES string of the molecule is CCNC(c1nccn1C)C1CCCCS1(=O)=O. The van der Waals surface area contributed by atoms with Crippen LogP contribution in [-0.2, 0) is 16.9 Å². The highest BCUT2D eigenvalue weighted by Gasteiger charge is 2.37. The molecule has 1 N–H and O–H groups in total. The lowest BCUT2D eigenvalue weighted by molar-refractivity contribution is 0.432. The molecule has 5 nitrogen and oxygen atoms in total. The van der Waals surface area contributed by atoms with Gasteiger partial charge in [-0.25, -0.2) is 13.4 Å². The van der Waals surface area contributed by atoms with Gasteiger partial charge in [0.15, 0.2) is 9.84 Å². The van der Waals surface area contributed by atoms with Gasteiger partial charge in [-0.05, 0) is 19.4 Å². The second kappa shape index (κ2) is 5.40. The van der Waals surface area contributed by atoms with E-state index >= 15 is 0 Å². The van der Waals surface area contributed by atoms with Crippen molar-refractivity contribution in [2.75, 3.05) is 12.3 Å². The monoisotopic (exact) mass is 271 g/mol. The quantitative estimate of drug-likeness (QED) is 0.888. The summed E-state index contributed by atoms with van der Waals surface area (Å²) in [6, 6.07) is -0.194. The molecule has 0 aromatic carbocycles. The van der Waals surface area contributed by atoms with Gasteiger partial charge in [0.05, 0.1) is 17.0 Å². The smallest absolute Gasteiger partial charge is 0.155 e. The summed E-state index contributed by atoms with van der Waals surface area (Å²) in [7, 11) is -1.10. The van der Waals surface area contributed by atoms with Crippen LogP contribution in [0.25, 0.3) is 0 Å². The first-order chi connectivity index (χ1) is 8.56. The Hall–Kier alpha value is -0.880. The first-order valence-electron chi connectivity index (χ1n) is 6.48. The van der Waals surface area contributed by atoms with Crippen LogP contribution in [0.15, 0.2) is 12.4 Å². The number of aryl methyl sites for hydroxylation is 1. The molecular formula is C12H21N3O2S. The summed E-state index contributed by atoms with van der Waals surface area (Å²) in [5.41, 5.74) is 0. The number of sulfone groups is 1. The summed E-state index contributed by atoms with van der Waals surface area (Å²) in [6.45, 7) is 2.73. The molecule has 0 saturated carbocycles. The van der Waals surface area contributed by atoms with Crippen molar-refractivity contribution >= 4 is 9.84 Å². The third-order valence-electron chi connectivity index (χ3n) is 3.56. The van der Waals surface area contributed by atoms with Crippen LogP contribution in [0.4, 0.5) is 0 Å². The van der Waals surface area contributed by atoms with Gasteiger partial charge in [-0.15, -0.1) is 0 Å². The molecule has 0 amide bonds. The van der Waals surface area contributed by atoms with E-state index in [9.17, 15) is 8.42 Å². The molecule has 2 atom stereocenters. The van der Waals surface area contributed by atoms with Crippen molar-refractivity contribution in [2.45, 2.75) is 37.5 Å². The normalized spacial score (nSPS) is 24.9. The van der Waals surface area contributed by atoms with Crippen molar-refractivity contribution in [3.05, 3.63) is 18.2 Å². The lowest BCUT2D eigenvalue weighted by Crippen LogP contribution is -2.41. The third kappa shape index (κ3) is 2.59. The van der Waals surface area contributed by atoms with E-state index < -0.39 is 9.84 Å². The molecule has 2 unspecified atom stereocenters. The molecule has 2 heterocycles. The third-order valence-corrected chi connectivity index (χ3v) is 5.85. The second-order valence-electron chi connectivity index (χ2n) is 4.83. The van der Waals surface area contributed by atoms with Crippen LogP contribution >= 0.6 is 0 Å². The van der Waals surface area contributed by atoms with Crippen molar-refractivity contribution in [3.8, 4) is 0 Å². The predicted octanol–water partition coefficient (Wildman–Crippen LogP) is 1.04. The fourth-order valence-electron chi connectivity index (χ4n) is 2.64. The minimum Gasteiger partial charge on any atom is -0.337 e. The van der Waals surface area contributed by atoms with E-state index in [1.54, 1.807) is 6.20 Å². The number of hydrogen-bond donors (Lipinski definition) is 1. The fraction of sp³-hybridized carbons (Fsp3) is 0.750. The molecule has 1 aliphatic heterocycles. The van der Waals surface area contributed by atoms with Gasteiger partial charge >= 0.3 is 0 Å². The summed E-state index contributed by atoms with van der Waals surface area (Å²) in [5.74, 6) is 1.12. The lowest BCUT2D eigenvalue weighted by atomic mass is 10.1.